The molecular formula is C21H25ClFNO4S. The molecule has 0 aliphatic rings. The van der Waals surface area contributed by atoms with E-state index >= 15 is 0 Å². The van der Waals surface area contributed by atoms with Crippen molar-refractivity contribution < 1.29 is 22.7 Å². The van der Waals surface area contributed by atoms with Crippen LogP contribution >= 0.6 is 11.6 Å². The molecule has 1 unspecified atom stereocenters. The minimum Gasteiger partial charge on any atom is -0.481 e. The number of carboxylic acids is 1. The van der Waals surface area contributed by atoms with Gasteiger partial charge in [-0.05, 0) is 43.2 Å². The second kappa shape index (κ2) is 11.3. The number of hydrogen-bond donors (Lipinski definition) is 2. The van der Waals surface area contributed by atoms with E-state index in [1.54, 1.807) is 18.2 Å². The summed E-state index contributed by atoms with van der Waals surface area (Å²) < 4.78 is 42.4. The van der Waals surface area contributed by atoms with Crippen molar-refractivity contribution in [1.29, 1.82) is 0 Å². The lowest BCUT2D eigenvalue weighted by Gasteiger charge is -2.20. The summed E-state index contributed by atoms with van der Waals surface area (Å²) in [6.07, 6.45) is 4.36. The normalized spacial score (nSPS) is 12.6. The van der Waals surface area contributed by atoms with Crippen molar-refractivity contribution in [2.45, 2.75) is 55.9 Å². The van der Waals surface area contributed by atoms with E-state index < -0.39 is 27.9 Å². The summed E-state index contributed by atoms with van der Waals surface area (Å²) in [4.78, 5) is 10.6. The molecule has 0 fully saturated rings. The van der Waals surface area contributed by atoms with Gasteiger partial charge in [0.25, 0.3) is 0 Å². The molecule has 1 atom stereocenters. The number of sulfonamides is 1. The first-order chi connectivity index (χ1) is 13.8. The molecule has 5 nitrogen and oxygen atoms in total. The average molecular weight is 442 g/mol. The fourth-order valence-electron chi connectivity index (χ4n) is 3.06. The minimum atomic E-state index is -3.84. The first kappa shape index (κ1) is 23.3. The van der Waals surface area contributed by atoms with Gasteiger partial charge in [0, 0.05) is 23.0 Å². The second-order valence-corrected chi connectivity index (χ2v) is 9.00. The highest BCUT2D eigenvalue weighted by Gasteiger charge is 2.23. The molecule has 8 heteroatoms. The van der Waals surface area contributed by atoms with E-state index in [0.717, 1.165) is 19.3 Å². The van der Waals surface area contributed by atoms with Crippen LogP contribution in [0, 0.1) is 5.82 Å². The first-order valence-corrected chi connectivity index (χ1v) is 11.4. The SMILES string of the molecule is O=C(O)CCCCCCCC(NS(=O)(=O)c1ccc(Cl)cc1)c1ccccc1F. The zero-order valence-electron chi connectivity index (χ0n) is 16.0. The quantitative estimate of drug-likeness (QED) is 0.437. The predicted molar refractivity (Wildman–Crippen MR) is 111 cm³/mol. The maximum Gasteiger partial charge on any atom is 0.303 e. The first-order valence-electron chi connectivity index (χ1n) is 9.54. The lowest BCUT2D eigenvalue weighted by molar-refractivity contribution is -0.137. The van der Waals surface area contributed by atoms with Gasteiger partial charge in [0.15, 0.2) is 0 Å². The molecule has 0 spiro atoms. The van der Waals surface area contributed by atoms with Crippen LogP contribution in [0.1, 0.15) is 56.6 Å². The topological polar surface area (TPSA) is 83.5 Å². The second-order valence-electron chi connectivity index (χ2n) is 6.85. The predicted octanol–water partition coefficient (Wildman–Crippen LogP) is 5.31. The summed E-state index contributed by atoms with van der Waals surface area (Å²) in [5.74, 6) is -1.26. The van der Waals surface area contributed by atoms with Crippen LogP contribution in [-0.2, 0) is 14.8 Å². The van der Waals surface area contributed by atoms with Gasteiger partial charge in [0.2, 0.25) is 10.0 Å². The molecule has 0 amide bonds. The Bertz CT molecular complexity index is 903. The fourth-order valence-corrected chi connectivity index (χ4v) is 4.44. The molecule has 0 saturated heterocycles. The highest BCUT2D eigenvalue weighted by atomic mass is 35.5. The number of benzene rings is 2. The molecule has 2 N–H and O–H groups in total. The van der Waals surface area contributed by atoms with Crippen molar-refractivity contribution in [1.82, 2.24) is 4.72 Å². The Balaban J connectivity index is 2.03. The Morgan fingerprint density at radius 3 is 2.28 bits per heavy atom. The average Bonchev–Trinajstić information content (AvgIpc) is 2.67. The maximum atomic E-state index is 14.3. The number of unbranched alkanes of at least 4 members (excludes halogenated alkanes) is 4. The molecule has 0 bridgehead atoms. The highest BCUT2D eigenvalue weighted by molar-refractivity contribution is 7.89. The van der Waals surface area contributed by atoms with E-state index in [9.17, 15) is 17.6 Å². The molecule has 0 heterocycles. The van der Waals surface area contributed by atoms with Gasteiger partial charge in [-0.3, -0.25) is 4.79 Å². The van der Waals surface area contributed by atoms with E-state index in [4.69, 9.17) is 16.7 Å². The molecule has 158 valence electrons. The minimum absolute atomic E-state index is 0.0666. The maximum absolute atomic E-state index is 14.3. The number of nitrogens with one attached hydrogen (secondary N) is 1. The smallest absolute Gasteiger partial charge is 0.303 e. The standard InChI is InChI=1S/C21H25ClFNO4S/c22-16-12-14-17(15-13-16)29(27,28)24-20(18-8-6-7-9-19(18)23)10-4-2-1-3-5-11-21(25)26/h6-9,12-15,20,24H,1-5,10-11H2,(H,25,26). The van der Waals surface area contributed by atoms with Gasteiger partial charge in [-0.2, -0.15) is 0 Å². The molecule has 0 aliphatic heterocycles. The van der Waals surface area contributed by atoms with Crippen molar-refractivity contribution in [3.63, 3.8) is 0 Å². The number of carboxylic acid groups (broad SMARTS) is 1. The third kappa shape index (κ3) is 7.76. The van der Waals surface area contributed by atoms with E-state index in [1.165, 1.54) is 30.3 Å². The van der Waals surface area contributed by atoms with Crippen LogP contribution in [0.15, 0.2) is 53.4 Å². The Kier molecular flexibility index (Phi) is 9.07. The Hall–Kier alpha value is -1.96. The molecule has 2 aromatic carbocycles. The Morgan fingerprint density at radius 2 is 1.62 bits per heavy atom. The number of halogens is 2. The lowest BCUT2D eigenvalue weighted by Crippen LogP contribution is -2.29. The van der Waals surface area contributed by atoms with Crippen molar-refractivity contribution in [2.75, 3.05) is 0 Å². The number of carbonyl (C=O) groups is 1. The summed E-state index contributed by atoms with van der Waals surface area (Å²) in [5, 5.41) is 9.08. The van der Waals surface area contributed by atoms with Crippen LogP contribution in [0.5, 0.6) is 0 Å². The molecule has 0 saturated carbocycles. The van der Waals surface area contributed by atoms with E-state index in [-0.39, 0.29) is 11.3 Å². The third-order valence-electron chi connectivity index (χ3n) is 4.59. The lowest BCUT2D eigenvalue weighted by atomic mass is 10.00. The largest absolute Gasteiger partial charge is 0.481 e. The van der Waals surface area contributed by atoms with E-state index in [0.29, 0.717) is 29.8 Å². The van der Waals surface area contributed by atoms with Gasteiger partial charge < -0.3 is 5.11 Å². The third-order valence-corrected chi connectivity index (χ3v) is 6.32. The molecule has 2 aromatic rings. The van der Waals surface area contributed by atoms with Crippen LogP contribution in [-0.4, -0.2) is 19.5 Å². The van der Waals surface area contributed by atoms with Gasteiger partial charge in [0.1, 0.15) is 5.82 Å². The van der Waals surface area contributed by atoms with Crippen LogP contribution in [0.4, 0.5) is 4.39 Å². The van der Waals surface area contributed by atoms with Crippen LogP contribution in [0.2, 0.25) is 5.02 Å². The molecule has 0 radical (unpaired) electrons. The van der Waals surface area contributed by atoms with Gasteiger partial charge >= 0.3 is 5.97 Å². The van der Waals surface area contributed by atoms with Crippen molar-refractivity contribution in [3.05, 3.63) is 64.9 Å². The molecule has 0 aliphatic carbocycles. The Labute approximate surface area is 176 Å². The van der Waals surface area contributed by atoms with Gasteiger partial charge in [-0.15, -0.1) is 0 Å². The monoisotopic (exact) mass is 441 g/mol. The van der Waals surface area contributed by atoms with Gasteiger partial charge in [-0.25, -0.2) is 17.5 Å². The molecule has 2 rings (SSSR count). The van der Waals surface area contributed by atoms with Crippen molar-refractivity contribution in [2.24, 2.45) is 0 Å². The summed E-state index contributed by atoms with van der Waals surface area (Å²) in [6, 6.07) is 11.2. The van der Waals surface area contributed by atoms with Crippen molar-refractivity contribution >= 4 is 27.6 Å². The number of hydrogen-bond acceptors (Lipinski definition) is 3. The highest BCUT2D eigenvalue weighted by Crippen LogP contribution is 2.26. The zero-order chi connectivity index (χ0) is 21.3. The summed E-state index contributed by atoms with van der Waals surface area (Å²) >= 11 is 5.82. The summed E-state index contributed by atoms with van der Waals surface area (Å²) in [5.41, 5.74) is 0.302. The molecular weight excluding hydrogens is 417 g/mol. The summed E-state index contributed by atoms with van der Waals surface area (Å²) in [7, 11) is -3.84. The van der Waals surface area contributed by atoms with Gasteiger partial charge in [-0.1, -0.05) is 55.5 Å². The van der Waals surface area contributed by atoms with E-state index in [1.807, 2.05) is 0 Å². The zero-order valence-corrected chi connectivity index (χ0v) is 17.6. The summed E-state index contributed by atoms with van der Waals surface area (Å²) in [6.45, 7) is 0. The fraction of sp³-hybridized carbons (Fsp3) is 0.381. The Morgan fingerprint density at radius 1 is 1.00 bits per heavy atom. The number of rotatable bonds is 12. The molecule has 29 heavy (non-hydrogen) atoms. The number of aliphatic carboxylic acids is 1. The van der Waals surface area contributed by atoms with Crippen LogP contribution in [0.3, 0.4) is 0 Å². The van der Waals surface area contributed by atoms with Crippen molar-refractivity contribution in [3.8, 4) is 0 Å². The van der Waals surface area contributed by atoms with E-state index in [2.05, 4.69) is 4.72 Å². The molecule has 0 aromatic heterocycles. The van der Waals surface area contributed by atoms with Crippen LogP contribution in [0.25, 0.3) is 0 Å². The van der Waals surface area contributed by atoms with Crippen LogP contribution < -0.4 is 4.72 Å². The van der Waals surface area contributed by atoms with Gasteiger partial charge in [0.05, 0.1) is 4.90 Å².